The van der Waals surface area contributed by atoms with Crippen LogP contribution in [-0.2, 0) is 4.79 Å². The molecule has 0 atom stereocenters. The Labute approximate surface area is 344 Å². The molecular weight excluding hydrogens is 740 g/mol. The minimum Gasteiger partial charge on any atom is -0.870 e. The average molecular weight is 760 g/mol. The van der Waals surface area contributed by atoms with Gasteiger partial charge in [-0.3, -0.25) is 21.0 Å². The molecule has 0 aromatic rings. The fourth-order valence-electron chi connectivity index (χ4n) is 0. The van der Waals surface area contributed by atoms with Crippen LogP contribution in [0.2, 0.25) is 0 Å². The van der Waals surface area contributed by atoms with Gasteiger partial charge in [-0.25, -0.2) is 0 Å². The Balaban J connectivity index is -0.00000000193. The molecule has 14 heteroatoms. The SMILES string of the molecule is C=O.CO.C[O-].C[O-].OO.OO.[Cs+].[Cs+].[Cs+].[Cs+].[HH].[OH-].[OH-]. The van der Waals surface area contributed by atoms with Gasteiger partial charge < -0.3 is 31.1 Å². The molecule has 0 unspecified atom stereocenters. The molecule has 0 aromatic heterocycles. The standard InChI is InChI=1S/CH4O.2CH3O.CH2O.4Cs.2H2O2.2H2O.H2/c4*1-2;;;;;2*1-2;;;/h2H,1H3;2*1H3;1H2;;;;;2*1-2H;2*1H2;1H/q;2*-1;;4*+1;;;;;/p-2. The zero-order chi connectivity index (χ0) is 12.0. The van der Waals surface area contributed by atoms with Gasteiger partial charge in [0.1, 0.15) is 6.79 Å². The van der Waals surface area contributed by atoms with Gasteiger partial charge in [-0.2, -0.15) is 14.2 Å². The van der Waals surface area contributed by atoms with Gasteiger partial charge in [0, 0.05) is 8.54 Å². The van der Waals surface area contributed by atoms with Gasteiger partial charge in [0.2, 0.25) is 0 Å². The maximum absolute atomic E-state index is 8.25. The van der Waals surface area contributed by atoms with Crippen molar-refractivity contribution < 1.29 is 329 Å². The molecule has 0 aliphatic rings. The number of carbonyl (C=O) groups is 1. The van der Waals surface area contributed by atoms with Crippen molar-refractivity contribution in [2.45, 2.75) is 0 Å². The molecule has 0 bridgehead atoms. The Morgan fingerprint density at radius 2 is 0.667 bits per heavy atom. The first-order valence-corrected chi connectivity index (χ1v) is 1.95. The summed E-state index contributed by atoms with van der Waals surface area (Å²) in [4.78, 5) is 8.00. The minimum atomic E-state index is 0. The van der Waals surface area contributed by atoms with Gasteiger partial charge in [-0.1, -0.05) is 0 Å². The van der Waals surface area contributed by atoms with E-state index in [1.54, 1.807) is 0 Å². The van der Waals surface area contributed by atoms with Gasteiger partial charge in [-0.05, 0) is 0 Å². The molecule has 0 aromatic carbocycles. The van der Waals surface area contributed by atoms with E-state index in [4.69, 9.17) is 41.1 Å². The van der Waals surface area contributed by atoms with Crippen LogP contribution in [0.25, 0.3) is 0 Å². The summed E-state index contributed by atoms with van der Waals surface area (Å²) in [5.41, 5.74) is 0. The van der Waals surface area contributed by atoms with E-state index in [-0.39, 0.29) is 288 Å². The van der Waals surface area contributed by atoms with Crippen LogP contribution in [0.1, 0.15) is 1.43 Å². The summed E-state index contributed by atoms with van der Waals surface area (Å²) in [5.74, 6) is 0. The maximum atomic E-state index is 8.25. The number of hydrogen-bond acceptors (Lipinski definition) is 10. The molecule has 18 heavy (non-hydrogen) atoms. The van der Waals surface area contributed by atoms with Crippen molar-refractivity contribution in [1.29, 1.82) is 0 Å². The molecule has 0 heterocycles. The van der Waals surface area contributed by atoms with Crippen molar-refractivity contribution in [2.24, 2.45) is 0 Å². The van der Waals surface area contributed by atoms with Crippen LogP contribution in [-0.4, -0.2) is 65.2 Å². The Morgan fingerprint density at radius 3 is 0.667 bits per heavy atom. The largest absolute Gasteiger partial charge is 1.00 e. The Hall–Kier alpha value is 7.52. The van der Waals surface area contributed by atoms with E-state index in [1.807, 2.05) is 6.79 Å². The fraction of sp³-hybridized carbons (Fsp3) is 0.750. The first kappa shape index (κ1) is 83.9. The van der Waals surface area contributed by atoms with Gasteiger partial charge in [0.25, 0.3) is 0 Å². The van der Waals surface area contributed by atoms with Gasteiger partial charge in [-0.15, -0.1) is 0 Å². The van der Waals surface area contributed by atoms with Crippen molar-refractivity contribution in [2.75, 3.05) is 21.3 Å². The molecule has 10 nitrogen and oxygen atoms in total. The number of hydrogen-bond donors (Lipinski definition) is 5. The van der Waals surface area contributed by atoms with E-state index in [0.717, 1.165) is 21.3 Å². The summed E-state index contributed by atoms with van der Waals surface area (Å²) in [6.45, 7) is 2.00. The van der Waals surface area contributed by atoms with E-state index in [2.05, 4.69) is 0 Å². The molecule has 0 spiro atoms. The summed E-state index contributed by atoms with van der Waals surface area (Å²) in [5, 5.41) is 47.5. The molecule has 7 N–H and O–H groups in total. The number of aliphatic hydroxyl groups is 1. The van der Waals surface area contributed by atoms with Crippen molar-refractivity contribution in [3.05, 3.63) is 0 Å². The minimum absolute atomic E-state index is 0. The second-order valence-corrected chi connectivity index (χ2v) is 0. The van der Waals surface area contributed by atoms with Crippen LogP contribution >= 0.6 is 0 Å². The summed E-state index contributed by atoms with van der Waals surface area (Å²) in [6, 6.07) is 0. The van der Waals surface area contributed by atoms with Gasteiger partial charge in [0.15, 0.2) is 0 Å². The van der Waals surface area contributed by atoms with E-state index < -0.39 is 0 Å². The quantitative estimate of drug-likeness (QED) is 0.116. The van der Waals surface area contributed by atoms with Gasteiger partial charge in [0.05, 0.1) is 0 Å². The molecular formula is C4H20Cs4O10. The van der Waals surface area contributed by atoms with E-state index >= 15 is 0 Å². The average Bonchev–Trinajstić information content (AvgIpc) is 2.33. The Bertz CT molecular complexity index is 31.5. The van der Waals surface area contributed by atoms with Crippen LogP contribution < -0.4 is 286 Å². The van der Waals surface area contributed by atoms with Crippen molar-refractivity contribution in [1.82, 2.24) is 0 Å². The zero-order valence-corrected chi connectivity index (χ0v) is 37.2. The molecule has 0 aliphatic carbocycles. The molecule has 0 saturated carbocycles. The number of aliphatic hydroxyl groups excluding tert-OH is 1. The Morgan fingerprint density at radius 1 is 0.667 bits per heavy atom. The van der Waals surface area contributed by atoms with Crippen LogP contribution in [0.3, 0.4) is 0 Å². The third-order valence-corrected chi connectivity index (χ3v) is 0. The van der Waals surface area contributed by atoms with Crippen LogP contribution in [0.5, 0.6) is 0 Å². The maximum Gasteiger partial charge on any atom is 1.00 e. The second kappa shape index (κ2) is 240. The monoisotopic (exact) mass is 760 g/mol. The Kier molecular flexibility index (Phi) is 1120. The third kappa shape index (κ3) is 211. The van der Waals surface area contributed by atoms with Crippen LogP contribution in [0.15, 0.2) is 0 Å². The fourth-order valence-corrected chi connectivity index (χ4v) is 0. The van der Waals surface area contributed by atoms with E-state index in [9.17, 15) is 0 Å². The smallest absolute Gasteiger partial charge is 0.870 e. The van der Waals surface area contributed by atoms with Gasteiger partial charge >= 0.3 is 276 Å². The first-order chi connectivity index (χ1) is 6.00. The van der Waals surface area contributed by atoms with E-state index in [1.165, 1.54) is 0 Å². The summed E-state index contributed by atoms with van der Waals surface area (Å²) < 4.78 is 0. The zero-order valence-electron chi connectivity index (χ0n) is 12.1. The molecule has 0 radical (unpaired) electrons. The third-order valence-electron chi connectivity index (χ3n) is 0. The predicted octanol–water partition coefficient (Wildman–Crippen LogP) is -14.7. The van der Waals surface area contributed by atoms with Crippen LogP contribution in [0, 0.1) is 0 Å². The first-order valence-electron chi connectivity index (χ1n) is 1.95. The molecule has 0 amide bonds. The summed E-state index contributed by atoms with van der Waals surface area (Å²) in [7, 11) is 2.50. The predicted molar refractivity (Wildman–Crippen MR) is 43.6 cm³/mol. The molecule has 0 aliphatic heterocycles. The van der Waals surface area contributed by atoms with E-state index in [0.29, 0.717) is 0 Å². The van der Waals surface area contributed by atoms with Crippen molar-refractivity contribution >= 4 is 6.79 Å². The topological polar surface area (TPSA) is 224 Å². The molecule has 0 saturated heterocycles. The number of carbonyl (C=O) groups excluding carboxylic acids is 1. The van der Waals surface area contributed by atoms with Crippen LogP contribution in [0.4, 0.5) is 0 Å². The molecule has 100 valence electrons. The van der Waals surface area contributed by atoms with Crippen molar-refractivity contribution in [3.63, 3.8) is 0 Å². The normalized spacial score (nSPS) is 1.89. The van der Waals surface area contributed by atoms with Crippen molar-refractivity contribution in [3.8, 4) is 0 Å². The molecule has 0 fully saturated rings. The summed E-state index contributed by atoms with van der Waals surface area (Å²) in [6.07, 6.45) is 0. The second-order valence-electron chi connectivity index (χ2n) is 0. The number of rotatable bonds is 0. The molecule has 0 rings (SSSR count). The summed E-state index contributed by atoms with van der Waals surface area (Å²) >= 11 is 0.